The Labute approximate surface area is 109 Å². The SMILES string of the molecule is CCC(CC)N(CCN)c1ncnc(OC)c1C. The Kier molecular flexibility index (Phi) is 5.85. The van der Waals surface area contributed by atoms with Crippen LogP contribution in [0.1, 0.15) is 32.3 Å². The lowest BCUT2D eigenvalue weighted by molar-refractivity contribution is 0.392. The van der Waals surface area contributed by atoms with Gasteiger partial charge in [0.15, 0.2) is 0 Å². The maximum atomic E-state index is 5.72. The minimum absolute atomic E-state index is 0.451. The zero-order chi connectivity index (χ0) is 13.5. The van der Waals surface area contributed by atoms with E-state index in [-0.39, 0.29) is 0 Å². The van der Waals surface area contributed by atoms with Crippen molar-refractivity contribution in [1.82, 2.24) is 9.97 Å². The van der Waals surface area contributed by atoms with Crippen molar-refractivity contribution in [2.24, 2.45) is 5.73 Å². The van der Waals surface area contributed by atoms with Crippen LogP contribution in [0.15, 0.2) is 6.33 Å². The van der Waals surface area contributed by atoms with Gasteiger partial charge in [0.05, 0.1) is 12.7 Å². The number of ether oxygens (including phenoxy) is 1. The predicted molar refractivity (Wildman–Crippen MR) is 74.1 cm³/mol. The van der Waals surface area contributed by atoms with Gasteiger partial charge >= 0.3 is 0 Å². The van der Waals surface area contributed by atoms with Crippen molar-refractivity contribution in [2.75, 3.05) is 25.1 Å². The van der Waals surface area contributed by atoms with Crippen LogP contribution in [0.2, 0.25) is 0 Å². The van der Waals surface area contributed by atoms with Gasteiger partial charge in [0.2, 0.25) is 5.88 Å². The van der Waals surface area contributed by atoms with Crippen molar-refractivity contribution >= 4 is 5.82 Å². The van der Waals surface area contributed by atoms with Crippen LogP contribution in [-0.2, 0) is 0 Å². The minimum atomic E-state index is 0.451. The third-order valence-corrected chi connectivity index (χ3v) is 3.23. The van der Waals surface area contributed by atoms with Gasteiger partial charge in [-0.3, -0.25) is 0 Å². The normalized spacial score (nSPS) is 10.8. The van der Waals surface area contributed by atoms with Gasteiger partial charge in [-0.05, 0) is 19.8 Å². The lowest BCUT2D eigenvalue weighted by Crippen LogP contribution is -2.39. The first-order valence-electron chi connectivity index (χ1n) is 6.51. The molecule has 1 aromatic heterocycles. The van der Waals surface area contributed by atoms with Gasteiger partial charge in [-0.1, -0.05) is 13.8 Å². The third kappa shape index (κ3) is 3.10. The average molecular weight is 252 g/mol. The molecule has 0 bridgehead atoms. The molecule has 1 rings (SSSR count). The second kappa shape index (κ2) is 7.16. The Morgan fingerprint density at radius 1 is 1.33 bits per heavy atom. The van der Waals surface area contributed by atoms with Gasteiger partial charge in [0.1, 0.15) is 12.1 Å². The Hall–Kier alpha value is -1.36. The van der Waals surface area contributed by atoms with Crippen molar-refractivity contribution in [2.45, 2.75) is 39.7 Å². The molecular formula is C13H24N4O. The van der Waals surface area contributed by atoms with Gasteiger partial charge in [-0.25, -0.2) is 9.97 Å². The number of nitrogens with two attached hydrogens (primary N) is 1. The zero-order valence-electron chi connectivity index (χ0n) is 11.8. The maximum absolute atomic E-state index is 5.72. The zero-order valence-corrected chi connectivity index (χ0v) is 11.8. The summed E-state index contributed by atoms with van der Waals surface area (Å²) in [5.41, 5.74) is 6.69. The largest absolute Gasteiger partial charge is 0.481 e. The summed E-state index contributed by atoms with van der Waals surface area (Å²) in [5, 5.41) is 0. The average Bonchev–Trinajstić information content (AvgIpc) is 2.39. The molecule has 18 heavy (non-hydrogen) atoms. The topological polar surface area (TPSA) is 64.3 Å². The molecule has 1 heterocycles. The Bertz CT molecular complexity index is 366. The van der Waals surface area contributed by atoms with E-state index in [4.69, 9.17) is 10.5 Å². The number of hydrogen-bond donors (Lipinski definition) is 1. The highest BCUT2D eigenvalue weighted by molar-refractivity contribution is 5.51. The first kappa shape index (κ1) is 14.7. The van der Waals surface area contributed by atoms with E-state index in [1.807, 2.05) is 6.92 Å². The molecule has 0 saturated carbocycles. The number of methoxy groups -OCH3 is 1. The highest BCUT2D eigenvalue weighted by Gasteiger charge is 2.20. The lowest BCUT2D eigenvalue weighted by Gasteiger charge is -2.32. The number of nitrogens with zero attached hydrogens (tertiary/aromatic N) is 3. The van der Waals surface area contributed by atoms with Crippen molar-refractivity contribution < 1.29 is 4.74 Å². The maximum Gasteiger partial charge on any atom is 0.221 e. The van der Waals surface area contributed by atoms with E-state index in [1.54, 1.807) is 13.4 Å². The first-order chi connectivity index (χ1) is 8.69. The number of rotatable bonds is 7. The summed E-state index contributed by atoms with van der Waals surface area (Å²) in [7, 11) is 1.63. The molecule has 0 unspecified atom stereocenters. The standard InChI is InChI=1S/C13H24N4O/c1-5-11(6-2)17(8-7-14)12-10(3)13(18-4)16-9-15-12/h9,11H,5-8,14H2,1-4H3. The smallest absolute Gasteiger partial charge is 0.221 e. The Balaban J connectivity index is 3.12. The molecule has 0 aliphatic heterocycles. The van der Waals surface area contributed by atoms with Crippen LogP contribution in [0.3, 0.4) is 0 Å². The van der Waals surface area contributed by atoms with Crippen LogP contribution in [0, 0.1) is 6.92 Å². The fraction of sp³-hybridized carbons (Fsp3) is 0.692. The molecule has 5 heteroatoms. The summed E-state index contributed by atoms with van der Waals surface area (Å²) in [6, 6.07) is 0.451. The van der Waals surface area contributed by atoms with Crippen LogP contribution in [0.5, 0.6) is 5.88 Å². The highest BCUT2D eigenvalue weighted by atomic mass is 16.5. The van der Waals surface area contributed by atoms with E-state index in [2.05, 4.69) is 28.7 Å². The van der Waals surface area contributed by atoms with Crippen LogP contribution in [0.4, 0.5) is 5.82 Å². The lowest BCUT2D eigenvalue weighted by atomic mass is 10.1. The van der Waals surface area contributed by atoms with Gasteiger partial charge < -0.3 is 15.4 Å². The molecule has 2 N–H and O–H groups in total. The van der Waals surface area contributed by atoms with Crippen LogP contribution >= 0.6 is 0 Å². The van der Waals surface area contributed by atoms with Crippen LogP contribution < -0.4 is 15.4 Å². The summed E-state index contributed by atoms with van der Waals surface area (Å²) in [6.45, 7) is 7.77. The van der Waals surface area contributed by atoms with E-state index in [1.165, 1.54) is 0 Å². The van der Waals surface area contributed by atoms with E-state index >= 15 is 0 Å². The van der Waals surface area contributed by atoms with E-state index in [0.29, 0.717) is 18.5 Å². The Morgan fingerprint density at radius 3 is 2.50 bits per heavy atom. The molecule has 0 aromatic carbocycles. The fourth-order valence-corrected chi connectivity index (χ4v) is 2.25. The quantitative estimate of drug-likeness (QED) is 0.801. The molecule has 1 aromatic rings. The van der Waals surface area contributed by atoms with Crippen LogP contribution in [0.25, 0.3) is 0 Å². The summed E-state index contributed by atoms with van der Waals surface area (Å²) < 4.78 is 5.25. The molecule has 0 radical (unpaired) electrons. The molecule has 102 valence electrons. The monoisotopic (exact) mass is 252 g/mol. The number of aromatic nitrogens is 2. The molecule has 0 fully saturated rings. The van der Waals surface area contributed by atoms with E-state index in [9.17, 15) is 0 Å². The van der Waals surface area contributed by atoms with Crippen LogP contribution in [-0.4, -0.2) is 36.2 Å². The second-order valence-corrected chi connectivity index (χ2v) is 4.28. The van der Waals surface area contributed by atoms with Crippen molar-refractivity contribution in [3.8, 4) is 5.88 Å². The molecule has 0 amide bonds. The summed E-state index contributed by atoms with van der Waals surface area (Å²) in [6.07, 6.45) is 3.69. The van der Waals surface area contributed by atoms with Gasteiger partial charge in [0, 0.05) is 19.1 Å². The molecule has 5 nitrogen and oxygen atoms in total. The summed E-state index contributed by atoms with van der Waals surface area (Å²) >= 11 is 0. The number of hydrogen-bond acceptors (Lipinski definition) is 5. The van der Waals surface area contributed by atoms with Crippen molar-refractivity contribution in [3.05, 3.63) is 11.9 Å². The minimum Gasteiger partial charge on any atom is -0.481 e. The van der Waals surface area contributed by atoms with Gasteiger partial charge in [-0.2, -0.15) is 0 Å². The molecule has 0 saturated heterocycles. The van der Waals surface area contributed by atoms with Crippen molar-refractivity contribution in [1.29, 1.82) is 0 Å². The number of anilines is 1. The predicted octanol–water partition coefficient (Wildman–Crippen LogP) is 1.75. The summed E-state index contributed by atoms with van der Waals surface area (Å²) in [5.74, 6) is 1.56. The van der Waals surface area contributed by atoms with Gasteiger partial charge in [-0.15, -0.1) is 0 Å². The fourth-order valence-electron chi connectivity index (χ4n) is 2.25. The van der Waals surface area contributed by atoms with Gasteiger partial charge in [0.25, 0.3) is 0 Å². The van der Waals surface area contributed by atoms with Crippen molar-refractivity contribution in [3.63, 3.8) is 0 Å². The Morgan fingerprint density at radius 2 is 2.00 bits per heavy atom. The first-order valence-corrected chi connectivity index (χ1v) is 6.51. The molecule has 0 atom stereocenters. The molecule has 0 aliphatic rings. The van der Waals surface area contributed by atoms with E-state index in [0.717, 1.165) is 30.8 Å². The third-order valence-electron chi connectivity index (χ3n) is 3.23. The molecular weight excluding hydrogens is 228 g/mol. The molecule has 0 spiro atoms. The second-order valence-electron chi connectivity index (χ2n) is 4.28. The van der Waals surface area contributed by atoms with E-state index < -0.39 is 0 Å². The molecule has 0 aliphatic carbocycles. The summed E-state index contributed by atoms with van der Waals surface area (Å²) in [4.78, 5) is 10.8. The highest BCUT2D eigenvalue weighted by Crippen LogP contribution is 2.26.